The quantitative estimate of drug-likeness (QED) is 0.108. The lowest BCUT2D eigenvalue weighted by Crippen LogP contribution is -2.50. The lowest BCUT2D eigenvalue weighted by Gasteiger charge is -2.31. The van der Waals surface area contributed by atoms with Crippen LogP contribution in [0.4, 0.5) is 9.59 Å². The molecule has 0 bridgehead atoms. The summed E-state index contributed by atoms with van der Waals surface area (Å²) in [6, 6.07) is 0. The molecule has 0 radical (unpaired) electrons. The fourth-order valence-electron chi connectivity index (χ4n) is 3.04. The lowest BCUT2D eigenvalue weighted by molar-refractivity contribution is 0.0145. The molecule has 0 saturated heterocycles. The number of aliphatic imine (C=N–C) groups is 1. The number of hydrogen-bond donors (Lipinski definition) is 1. The van der Waals surface area contributed by atoms with Gasteiger partial charge in [-0.2, -0.15) is 0 Å². The van der Waals surface area contributed by atoms with E-state index in [0.717, 1.165) is 0 Å². The van der Waals surface area contributed by atoms with Crippen molar-refractivity contribution in [2.75, 3.05) is 33.0 Å². The van der Waals surface area contributed by atoms with E-state index >= 15 is 0 Å². The summed E-state index contributed by atoms with van der Waals surface area (Å²) in [7, 11) is -7.85. The summed E-state index contributed by atoms with van der Waals surface area (Å²) in [5, 5.41) is -1.22. The van der Waals surface area contributed by atoms with Crippen molar-refractivity contribution < 1.29 is 46.3 Å². The van der Waals surface area contributed by atoms with Gasteiger partial charge in [0.05, 0.1) is 26.4 Å². The molecule has 0 saturated carbocycles. The molecule has 224 valence electrons. The highest BCUT2D eigenvalue weighted by atomic mass is 31.2. The Labute approximate surface area is 227 Å². The summed E-state index contributed by atoms with van der Waals surface area (Å²) < 4.78 is 59.6. The molecule has 0 aromatic rings. The van der Waals surface area contributed by atoms with E-state index in [1.165, 1.54) is 0 Å². The third-order valence-corrected chi connectivity index (χ3v) is 10.4. The van der Waals surface area contributed by atoms with Gasteiger partial charge in [-0.1, -0.05) is 0 Å². The first-order valence-electron chi connectivity index (χ1n) is 12.7. The number of hydrogen-bond acceptors (Lipinski definition) is 11. The molecule has 0 heterocycles. The van der Waals surface area contributed by atoms with Gasteiger partial charge in [-0.05, 0) is 82.1 Å². The lowest BCUT2D eigenvalue weighted by atomic mass is 10.2. The maximum Gasteiger partial charge on any atom is 0.427 e. The number of rotatable bonds is 14. The van der Waals surface area contributed by atoms with Crippen molar-refractivity contribution in [3.63, 3.8) is 0 Å². The second kappa shape index (κ2) is 15.9. The number of guanidine groups is 1. The molecule has 0 aliphatic rings. The van der Waals surface area contributed by atoms with Gasteiger partial charge in [0.1, 0.15) is 11.2 Å². The van der Waals surface area contributed by atoms with Gasteiger partial charge in [-0.25, -0.2) is 9.59 Å². The van der Waals surface area contributed by atoms with Crippen LogP contribution in [0.3, 0.4) is 0 Å². The Hall–Kier alpha value is -1.49. The Bertz CT molecular complexity index is 806. The van der Waals surface area contributed by atoms with Gasteiger partial charge in [0.2, 0.25) is 5.96 Å². The molecular weight excluding hydrogens is 540 g/mol. The normalized spacial score (nSPS) is 13.5. The van der Waals surface area contributed by atoms with Crippen molar-refractivity contribution >= 4 is 33.3 Å². The highest BCUT2D eigenvalue weighted by Crippen LogP contribution is 2.71. The first-order valence-corrected chi connectivity index (χ1v) is 16.0. The zero-order valence-electron chi connectivity index (χ0n) is 24.5. The third-order valence-electron chi connectivity index (χ3n) is 4.24. The average Bonchev–Trinajstić information content (AvgIpc) is 2.71. The molecule has 0 unspecified atom stereocenters. The van der Waals surface area contributed by atoms with Crippen LogP contribution in [0, 0.1) is 0 Å². The SMILES string of the molecule is CCOP(=O)(OCC)C(CCCN=C(N)N(C(=O)OC(C)(C)C)C(=O)OC(C)(C)C)P(=O)(OCC)OCC. The van der Waals surface area contributed by atoms with Crippen LogP contribution in [0.25, 0.3) is 0 Å². The summed E-state index contributed by atoms with van der Waals surface area (Å²) >= 11 is 0. The molecule has 0 rings (SSSR count). The fourth-order valence-corrected chi connectivity index (χ4v) is 8.50. The van der Waals surface area contributed by atoms with Crippen molar-refractivity contribution in [2.45, 2.75) is 98.7 Å². The minimum Gasteiger partial charge on any atom is -0.443 e. The molecule has 15 heteroatoms. The van der Waals surface area contributed by atoms with E-state index in [4.69, 9.17) is 33.3 Å². The van der Waals surface area contributed by atoms with Crippen molar-refractivity contribution in [3.8, 4) is 0 Å². The van der Waals surface area contributed by atoms with Crippen LogP contribution in [0.5, 0.6) is 0 Å². The summed E-state index contributed by atoms with van der Waals surface area (Å²) in [5.41, 5.74) is 4.18. The van der Waals surface area contributed by atoms with Crippen molar-refractivity contribution in [2.24, 2.45) is 10.7 Å². The molecule has 0 aromatic carbocycles. The third kappa shape index (κ3) is 12.6. The van der Waals surface area contributed by atoms with Gasteiger partial charge >= 0.3 is 27.4 Å². The Morgan fingerprint density at radius 1 is 0.763 bits per heavy atom. The second-order valence-electron chi connectivity index (χ2n) is 9.91. The molecular formula is C23H47N3O10P2. The summed E-state index contributed by atoms with van der Waals surface area (Å²) in [5.74, 6) is -0.458. The van der Waals surface area contributed by atoms with Crippen LogP contribution in [0.15, 0.2) is 4.99 Å². The first kappa shape index (κ1) is 36.5. The smallest absolute Gasteiger partial charge is 0.427 e. The maximum atomic E-state index is 13.6. The summed E-state index contributed by atoms with van der Waals surface area (Å²) in [6.07, 6.45) is -1.94. The number of carbonyl (C=O) groups excluding carboxylic acids is 2. The molecule has 0 fully saturated rings. The van der Waals surface area contributed by atoms with Gasteiger partial charge in [-0.15, -0.1) is 4.90 Å². The zero-order valence-corrected chi connectivity index (χ0v) is 26.3. The number of amides is 2. The first-order chi connectivity index (χ1) is 17.4. The van der Waals surface area contributed by atoms with E-state index in [1.807, 2.05) is 0 Å². The minimum atomic E-state index is -3.92. The van der Waals surface area contributed by atoms with E-state index in [0.29, 0.717) is 4.90 Å². The Kier molecular flexibility index (Phi) is 15.3. The van der Waals surface area contributed by atoms with E-state index in [9.17, 15) is 18.7 Å². The van der Waals surface area contributed by atoms with Gasteiger partial charge in [0.25, 0.3) is 0 Å². The number of nitrogens with zero attached hydrogens (tertiary/aromatic N) is 2. The molecule has 13 nitrogen and oxygen atoms in total. The molecule has 2 amide bonds. The summed E-state index contributed by atoms with van der Waals surface area (Å²) in [4.78, 5) is 30.1. The number of nitrogens with two attached hydrogens (primary N) is 1. The van der Waals surface area contributed by atoms with Crippen molar-refractivity contribution in [1.29, 1.82) is 0 Å². The molecule has 0 aliphatic heterocycles. The van der Waals surface area contributed by atoms with Gasteiger partial charge in [-0.3, -0.25) is 14.1 Å². The summed E-state index contributed by atoms with van der Waals surface area (Å²) in [6.45, 7) is 16.5. The monoisotopic (exact) mass is 587 g/mol. The Morgan fingerprint density at radius 3 is 1.39 bits per heavy atom. The van der Waals surface area contributed by atoms with Crippen molar-refractivity contribution in [1.82, 2.24) is 4.90 Å². The Morgan fingerprint density at radius 2 is 1.11 bits per heavy atom. The van der Waals surface area contributed by atoms with Crippen LogP contribution >= 0.6 is 15.2 Å². The van der Waals surface area contributed by atoms with E-state index < -0.39 is 49.9 Å². The molecule has 0 aliphatic carbocycles. The highest BCUT2D eigenvalue weighted by Gasteiger charge is 2.50. The zero-order chi connectivity index (χ0) is 29.8. The van der Waals surface area contributed by atoms with Gasteiger partial charge in [0, 0.05) is 6.54 Å². The van der Waals surface area contributed by atoms with Crippen molar-refractivity contribution in [3.05, 3.63) is 0 Å². The van der Waals surface area contributed by atoms with Gasteiger partial charge < -0.3 is 33.3 Å². The highest BCUT2D eigenvalue weighted by molar-refractivity contribution is 7.72. The fraction of sp³-hybridized carbons (Fsp3) is 0.870. The second-order valence-corrected chi connectivity index (χ2v) is 14.8. The van der Waals surface area contributed by atoms with Crippen LogP contribution in [0.1, 0.15) is 82.1 Å². The minimum absolute atomic E-state index is 0.00418. The average molecular weight is 588 g/mol. The molecule has 0 atom stereocenters. The van der Waals surface area contributed by atoms with E-state index in [-0.39, 0.29) is 45.8 Å². The van der Waals surface area contributed by atoms with E-state index in [1.54, 1.807) is 69.2 Å². The van der Waals surface area contributed by atoms with Crippen LogP contribution < -0.4 is 5.73 Å². The number of carbonyl (C=O) groups is 2. The van der Waals surface area contributed by atoms with E-state index in [2.05, 4.69) is 4.99 Å². The molecule has 2 N–H and O–H groups in total. The number of imide groups is 1. The van der Waals surface area contributed by atoms with Crippen LogP contribution in [0.2, 0.25) is 0 Å². The maximum absolute atomic E-state index is 13.6. The predicted octanol–water partition coefficient (Wildman–Crippen LogP) is 6.11. The number of ether oxygens (including phenoxy) is 2. The Balaban J connectivity index is 6.02. The molecule has 0 spiro atoms. The predicted molar refractivity (Wildman–Crippen MR) is 146 cm³/mol. The largest absolute Gasteiger partial charge is 0.443 e. The topological polar surface area (TPSA) is 165 Å². The molecule has 38 heavy (non-hydrogen) atoms. The van der Waals surface area contributed by atoms with Gasteiger partial charge in [0.15, 0.2) is 5.40 Å². The van der Waals surface area contributed by atoms with Crippen LogP contribution in [-0.4, -0.2) is 72.6 Å². The van der Waals surface area contributed by atoms with Crippen LogP contribution in [-0.2, 0) is 36.7 Å². The standard InChI is InChI=1S/C23H47N3O10P2/c1-11-31-37(29,32-12-2)18(38(30,33-13-3)34-14-4)16-15-17-25-19(24)26(20(27)35-22(5,6)7)21(28)36-23(8,9)10/h18H,11-17H2,1-10H3,(H2,24,25). The molecule has 0 aromatic heterocycles.